The summed E-state index contributed by atoms with van der Waals surface area (Å²) in [5.41, 5.74) is -0.796. The van der Waals surface area contributed by atoms with Gasteiger partial charge >= 0.3 is 29.8 Å². The highest BCUT2D eigenvalue weighted by atomic mass is 19.3. The maximum atomic E-state index is 14.0. The van der Waals surface area contributed by atoms with Crippen LogP contribution in [0, 0.1) is 17.3 Å². The van der Waals surface area contributed by atoms with E-state index in [0.29, 0.717) is 18.8 Å². The largest absolute Gasteiger partial charge is 0.462 e. The molecule has 30 heavy (non-hydrogen) atoms. The van der Waals surface area contributed by atoms with Crippen LogP contribution in [0.2, 0.25) is 0 Å². The smallest absolute Gasteiger partial charge is 0.377 e. The van der Waals surface area contributed by atoms with Gasteiger partial charge in [0.05, 0.1) is 11.8 Å². The minimum absolute atomic E-state index is 0.0133. The van der Waals surface area contributed by atoms with Crippen molar-refractivity contribution in [1.82, 2.24) is 0 Å². The molecule has 6 nitrogen and oxygen atoms in total. The maximum Gasteiger partial charge on any atom is 0.377 e. The lowest BCUT2D eigenvalue weighted by atomic mass is 9.91. The van der Waals surface area contributed by atoms with Gasteiger partial charge in [-0.15, -0.1) is 0 Å². The van der Waals surface area contributed by atoms with Gasteiger partial charge in [0.15, 0.2) is 0 Å². The molecule has 0 heterocycles. The zero-order valence-corrected chi connectivity index (χ0v) is 17.4. The Hall–Kier alpha value is -1.87. The standard InChI is InChI=1S/C20H28F4O6/c1-4-18(2,3)15(25)28-7-8-29-16(26)19(21,22)11-20(23,24)17(27)30-14-10-12-5-6-13(14)9-12/h12-14H,4-11H2,1-3H3. The van der Waals surface area contributed by atoms with Crippen molar-refractivity contribution in [2.24, 2.45) is 17.3 Å². The summed E-state index contributed by atoms with van der Waals surface area (Å²) in [5, 5.41) is 0. The van der Waals surface area contributed by atoms with Crippen LogP contribution in [0.25, 0.3) is 0 Å². The van der Waals surface area contributed by atoms with E-state index < -0.39 is 60.9 Å². The summed E-state index contributed by atoms with van der Waals surface area (Å²) in [6.45, 7) is 3.78. The minimum Gasteiger partial charge on any atom is -0.462 e. The molecule has 0 aromatic carbocycles. The van der Waals surface area contributed by atoms with E-state index in [4.69, 9.17) is 9.47 Å². The third-order valence-corrected chi connectivity index (χ3v) is 5.96. The van der Waals surface area contributed by atoms with Crippen LogP contribution < -0.4 is 0 Å². The molecule has 0 spiro atoms. The molecule has 172 valence electrons. The van der Waals surface area contributed by atoms with E-state index in [0.717, 1.165) is 19.3 Å². The van der Waals surface area contributed by atoms with E-state index >= 15 is 0 Å². The van der Waals surface area contributed by atoms with Gasteiger partial charge in [0.1, 0.15) is 19.3 Å². The quantitative estimate of drug-likeness (QED) is 0.222. The number of hydrogen-bond acceptors (Lipinski definition) is 6. The molecule has 10 heteroatoms. The van der Waals surface area contributed by atoms with Crippen LogP contribution in [-0.2, 0) is 28.6 Å². The predicted octanol–water partition coefficient (Wildman–Crippen LogP) is 3.90. The molecule has 0 aliphatic heterocycles. The molecule has 0 radical (unpaired) electrons. The normalized spacial score (nSPS) is 23.9. The second kappa shape index (κ2) is 9.09. The van der Waals surface area contributed by atoms with Gasteiger partial charge in [-0.25, -0.2) is 9.59 Å². The second-order valence-corrected chi connectivity index (χ2v) is 8.71. The Bertz CT molecular complexity index is 664. The number of fused-ring (bicyclic) bond motifs is 2. The SMILES string of the molecule is CCC(C)(C)C(=O)OCCOC(=O)C(F)(F)CC(F)(F)C(=O)OC1CC2CCC1C2. The lowest BCUT2D eigenvalue weighted by Crippen LogP contribution is -2.44. The fraction of sp³-hybridized carbons (Fsp3) is 0.850. The highest BCUT2D eigenvalue weighted by Gasteiger charge is 2.56. The summed E-state index contributed by atoms with van der Waals surface area (Å²) in [6, 6.07) is 0. The molecule has 3 unspecified atom stereocenters. The number of rotatable bonds is 10. The summed E-state index contributed by atoms with van der Waals surface area (Å²) in [7, 11) is 0. The van der Waals surface area contributed by atoms with Crippen LogP contribution in [0.5, 0.6) is 0 Å². The molecule has 2 aliphatic rings. The number of alkyl halides is 4. The Morgan fingerprint density at radius 2 is 1.43 bits per heavy atom. The van der Waals surface area contributed by atoms with Crippen LogP contribution in [0.3, 0.4) is 0 Å². The van der Waals surface area contributed by atoms with Gasteiger partial charge in [-0.05, 0) is 57.8 Å². The monoisotopic (exact) mass is 440 g/mol. The van der Waals surface area contributed by atoms with Crippen molar-refractivity contribution in [3.05, 3.63) is 0 Å². The van der Waals surface area contributed by atoms with Crippen molar-refractivity contribution in [2.75, 3.05) is 13.2 Å². The number of esters is 3. The number of carbonyl (C=O) groups is 3. The van der Waals surface area contributed by atoms with E-state index in [9.17, 15) is 31.9 Å². The lowest BCUT2D eigenvalue weighted by Gasteiger charge is -2.26. The molecule has 2 aliphatic carbocycles. The van der Waals surface area contributed by atoms with E-state index in [1.165, 1.54) is 0 Å². The zero-order chi connectivity index (χ0) is 22.7. The average molecular weight is 440 g/mol. The first-order chi connectivity index (χ1) is 13.8. The number of hydrogen-bond donors (Lipinski definition) is 0. The van der Waals surface area contributed by atoms with Gasteiger partial charge in [-0.1, -0.05) is 6.92 Å². The molecule has 0 N–H and O–H groups in total. The fourth-order valence-electron chi connectivity index (χ4n) is 3.69. The summed E-state index contributed by atoms with van der Waals surface area (Å²) in [6.07, 6.45) is 0.383. The van der Waals surface area contributed by atoms with Crippen LogP contribution in [0.1, 0.15) is 59.3 Å². The van der Waals surface area contributed by atoms with Gasteiger partial charge in [0.25, 0.3) is 0 Å². The minimum atomic E-state index is -4.61. The molecular formula is C20H28F4O6. The second-order valence-electron chi connectivity index (χ2n) is 8.71. The van der Waals surface area contributed by atoms with Crippen LogP contribution >= 0.6 is 0 Å². The predicted molar refractivity (Wildman–Crippen MR) is 95.8 cm³/mol. The first-order valence-corrected chi connectivity index (χ1v) is 10.1. The Morgan fingerprint density at radius 1 is 0.867 bits per heavy atom. The van der Waals surface area contributed by atoms with E-state index in [1.54, 1.807) is 20.8 Å². The van der Waals surface area contributed by atoms with Crippen LogP contribution in [0.4, 0.5) is 17.6 Å². The van der Waals surface area contributed by atoms with E-state index in [2.05, 4.69) is 4.74 Å². The number of ether oxygens (including phenoxy) is 3. The van der Waals surface area contributed by atoms with Crippen LogP contribution in [-0.4, -0.2) is 49.1 Å². The third kappa shape index (κ3) is 5.85. The number of halogens is 4. The molecule has 2 rings (SSSR count). The van der Waals surface area contributed by atoms with Crippen molar-refractivity contribution in [2.45, 2.75) is 77.2 Å². The first-order valence-electron chi connectivity index (χ1n) is 10.1. The topological polar surface area (TPSA) is 78.9 Å². The third-order valence-electron chi connectivity index (χ3n) is 5.96. The summed E-state index contributed by atoms with van der Waals surface area (Å²) in [5.74, 6) is -13.7. The van der Waals surface area contributed by atoms with Gasteiger partial charge in [0.2, 0.25) is 0 Å². The average Bonchev–Trinajstić information content (AvgIpc) is 3.26. The highest BCUT2D eigenvalue weighted by molar-refractivity contribution is 5.82. The highest BCUT2D eigenvalue weighted by Crippen LogP contribution is 2.46. The molecular weight excluding hydrogens is 412 g/mol. The first kappa shape index (κ1) is 24.4. The van der Waals surface area contributed by atoms with Gasteiger partial charge in [-0.3, -0.25) is 4.79 Å². The summed E-state index contributed by atoms with van der Waals surface area (Å²) in [4.78, 5) is 35.0. The van der Waals surface area contributed by atoms with Crippen molar-refractivity contribution in [1.29, 1.82) is 0 Å². The van der Waals surface area contributed by atoms with Crippen molar-refractivity contribution in [3.63, 3.8) is 0 Å². The van der Waals surface area contributed by atoms with Gasteiger partial charge < -0.3 is 14.2 Å². The van der Waals surface area contributed by atoms with Crippen LogP contribution in [0.15, 0.2) is 0 Å². The summed E-state index contributed by atoms with van der Waals surface area (Å²) < 4.78 is 69.6. The molecule has 0 aromatic heterocycles. The molecule has 0 aromatic rings. The molecule has 0 saturated heterocycles. The Labute approximate surface area is 172 Å². The Kier molecular flexibility index (Phi) is 7.40. The van der Waals surface area contributed by atoms with E-state index in [1.807, 2.05) is 0 Å². The number of carbonyl (C=O) groups excluding carboxylic acids is 3. The Balaban J connectivity index is 1.79. The van der Waals surface area contributed by atoms with Gasteiger partial charge in [0, 0.05) is 0 Å². The summed E-state index contributed by atoms with van der Waals surface area (Å²) >= 11 is 0. The molecule has 2 saturated carbocycles. The zero-order valence-electron chi connectivity index (χ0n) is 17.4. The maximum absolute atomic E-state index is 14.0. The molecule has 3 atom stereocenters. The van der Waals surface area contributed by atoms with Gasteiger partial charge in [-0.2, -0.15) is 17.6 Å². The molecule has 2 fully saturated rings. The van der Waals surface area contributed by atoms with Crippen molar-refractivity contribution >= 4 is 17.9 Å². The van der Waals surface area contributed by atoms with E-state index in [-0.39, 0.29) is 5.92 Å². The van der Waals surface area contributed by atoms with Crippen molar-refractivity contribution in [3.8, 4) is 0 Å². The lowest BCUT2D eigenvalue weighted by molar-refractivity contribution is -0.201. The fourth-order valence-corrected chi connectivity index (χ4v) is 3.69. The Morgan fingerprint density at radius 3 is 1.93 bits per heavy atom. The van der Waals surface area contributed by atoms with Crippen molar-refractivity contribution < 1.29 is 46.2 Å². The molecule has 2 bridgehead atoms. The molecule has 0 amide bonds.